The van der Waals surface area contributed by atoms with Gasteiger partial charge in [-0.1, -0.05) is 6.07 Å². The molecule has 0 spiro atoms. The Hall–Kier alpha value is -2.18. The highest BCUT2D eigenvalue weighted by Gasteiger charge is 2.19. The summed E-state index contributed by atoms with van der Waals surface area (Å²) < 4.78 is 5.13. The summed E-state index contributed by atoms with van der Waals surface area (Å²) in [6, 6.07) is 11.6. The van der Waals surface area contributed by atoms with Crippen LogP contribution in [-0.2, 0) is 20.7 Å². The lowest BCUT2D eigenvalue weighted by Crippen LogP contribution is -2.41. The van der Waals surface area contributed by atoms with Gasteiger partial charge < -0.3 is 15.0 Å². The number of amides is 2. The van der Waals surface area contributed by atoms with Gasteiger partial charge in [0.1, 0.15) is 6.61 Å². The second-order valence-electron chi connectivity index (χ2n) is 5.98. The summed E-state index contributed by atoms with van der Waals surface area (Å²) in [5.41, 5.74) is 1.59. The first kappa shape index (κ1) is 17.6. The summed E-state index contributed by atoms with van der Waals surface area (Å²) >= 11 is 1.76. The molecular weight excluding hydrogens is 336 g/mol. The second-order valence-corrected chi connectivity index (χ2v) is 7.01. The van der Waals surface area contributed by atoms with Crippen LogP contribution in [0.3, 0.4) is 0 Å². The summed E-state index contributed by atoms with van der Waals surface area (Å²) in [5, 5.41) is 4.99. The highest BCUT2D eigenvalue weighted by Crippen LogP contribution is 2.20. The van der Waals surface area contributed by atoms with Gasteiger partial charge in [0.2, 0.25) is 5.91 Å². The maximum Gasteiger partial charge on any atom is 0.253 e. The number of ether oxygens (including phenoxy) is 1. The van der Waals surface area contributed by atoms with Gasteiger partial charge >= 0.3 is 0 Å². The summed E-state index contributed by atoms with van der Waals surface area (Å²) in [7, 11) is 0. The lowest BCUT2D eigenvalue weighted by molar-refractivity contribution is -0.125. The number of aryl methyl sites for hydroxylation is 1. The van der Waals surface area contributed by atoms with Gasteiger partial charge in [0, 0.05) is 29.2 Å². The number of anilines is 2. The molecule has 2 heterocycles. The lowest BCUT2D eigenvalue weighted by atomic mass is 10.1. The Balaban J connectivity index is 1.42. The number of hydrogen-bond acceptors (Lipinski definition) is 4. The van der Waals surface area contributed by atoms with Crippen LogP contribution < -0.4 is 10.2 Å². The Labute approximate surface area is 151 Å². The van der Waals surface area contributed by atoms with Crippen LogP contribution in [0.5, 0.6) is 0 Å². The molecule has 0 radical (unpaired) electrons. The molecule has 0 bridgehead atoms. The molecule has 6 heteroatoms. The molecule has 1 fully saturated rings. The quantitative estimate of drug-likeness (QED) is 0.771. The van der Waals surface area contributed by atoms with E-state index in [-0.39, 0.29) is 18.4 Å². The molecule has 25 heavy (non-hydrogen) atoms. The first-order valence-electron chi connectivity index (χ1n) is 8.53. The molecule has 2 amide bonds. The van der Waals surface area contributed by atoms with Crippen molar-refractivity contribution in [2.75, 3.05) is 30.0 Å². The first-order valence-corrected chi connectivity index (χ1v) is 9.41. The van der Waals surface area contributed by atoms with E-state index < -0.39 is 0 Å². The average molecular weight is 358 g/mol. The Morgan fingerprint density at radius 3 is 2.76 bits per heavy atom. The van der Waals surface area contributed by atoms with Crippen molar-refractivity contribution < 1.29 is 14.3 Å². The van der Waals surface area contributed by atoms with Crippen LogP contribution >= 0.6 is 11.3 Å². The van der Waals surface area contributed by atoms with Crippen molar-refractivity contribution in [3.05, 3.63) is 46.7 Å². The molecule has 132 valence electrons. The predicted octanol–water partition coefficient (Wildman–Crippen LogP) is 3.46. The van der Waals surface area contributed by atoms with E-state index in [1.54, 1.807) is 16.2 Å². The number of nitrogens with one attached hydrogen (secondary N) is 1. The third-order valence-electron chi connectivity index (χ3n) is 4.11. The molecule has 0 saturated carbocycles. The van der Waals surface area contributed by atoms with E-state index in [1.807, 2.05) is 24.3 Å². The number of carbonyl (C=O) groups excluding carboxylic acids is 2. The Bertz CT molecular complexity index is 698. The van der Waals surface area contributed by atoms with Crippen molar-refractivity contribution in [1.29, 1.82) is 0 Å². The molecular formula is C19H22N2O3S. The van der Waals surface area contributed by atoms with Crippen LogP contribution in [0.1, 0.15) is 24.1 Å². The number of rotatable bonds is 7. The summed E-state index contributed by atoms with van der Waals surface area (Å²) in [5.74, 6) is -0.00449. The minimum atomic E-state index is -0.0335. The molecule has 0 atom stereocenters. The molecule has 5 nitrogen and oxygen atoms in total. The first-order chi connectivity index (χ1) is 12.2. The van der Waals surface area contributed by atoms with E-state index in [0.29, 0.717) is 19.6 Å². The van der Waals surface area contributed by atoms with Crippen molar-refractivity contribution in [1.82, 2.24) is 0 Å². The number of unbranched alkanes of at least 4 members (excludes halogenated alkanes) is 1. The number of hydrogen-bond donors (Lipinski definition) is 1. The SMILES string of the molecule is O=C(CCCCc1cccs1)Nc1ccc(N2CCOCC2=O)cc1. The van der Waals surface area contributed by atoms with Crippen molar-refractivity contribution in [2.24, 2.45) is 0 Å². The maximum absolute atomic E-state index is 12.0. The van der Waals surface area contributed by atoms with Gasteiger partial charge in [-0.05, 0) is 55.0 Å². The van der Waals surface area contributed by atoms with Crippen molar-refractivity contribution in [3.8, 4) is 0 Å². The highest BCUT2D eigenvalue weighted by atomic mass is 32.1. The summed E-state index contributed by atoms with van der Waals surface area (Å²) in [6.07, 6.45) is 3.46. The number of carbonyl (C=O) groups is 2. The average Bonchev–Trinajstić information content (AvgIpc) is 3.14. The second kappa shape index (κ2) is 8.78. The minimum absolute atomic E-state index is 0.0291. The van der Waals surface area contributed by atoms with Crippen LogP contribution in [0.25, 0.3) is 0 Å². The third kappa shape index (κ3) is 5.14. The smallest absolute Gasteiger partial charge is 0.253 e. The van der Waals surface area contributed by atoms with Crippen molar-refractivity contribution in [3.63, 3.8) is 0 Å². The molecule has 3 rings (SSSR count). The maximum atomic E-state index is 12.0. The van der Waals surface area contributed by atoms with Gasteiger partial charge in [0.15, 0.2) is 0 Å². The molecule has 1 aliphatic heterocycles. The number of thiophene rings is 1. The number of morpholine rings is 1. The molecule has 0 unspecified atom stereocenters. The van der Waals surface area contributed by atoms with Gasteiger partial charge in [0.05, 0.1) is 6.61 Å². The van der Waals surface area contributed by atoms with E-state index in [4.69, 9.17) is 4.74 Å². The fourth-order valence-corrected chi connectivity index (χ4v) is 3.53. The van der Waals surface area contributed by atoms with Crippen LogP contribution in [0.4, 0.5) is 11.4 Å². The summed E-state index contributed by atoms with van der Waals surface area (Å²) in [6.45, 7) is 1.24. The molecule has 1 aromatic carbocycles. The zero-order chi connectivity index (χ0) is 17.5. The largest absolute Gasteiger partial charge is 0.370 e. The van der Waals surface area contributed by atoms with Gasteiger partial charge in [-0.25, -0.2) is 0 Å². The highest BCUT2D eigenvalue weighted by molar-refractivity contribution is 7.09. The fraction of sp³-hybridized carbons (Fsp3) is 0.368. The Morgan fingerprint density at radius 2 is 2.04 bits per heavy atom. The van der Waals surface area contributed by atoms with Crippen molar-refractivity contribution in [2.45, 2.75) is 25.7 Å². The zero-order valence-electron chi connectivity index (χ0n) is 14.1. The molecule has 1 saturated heterocycles. The van der Waals surface area contributed by atoms with E-state index in [2.05, 4.69) is 22.8 Å². The molecule has 1 aromatic heterocycles. The normalized spacial score (nSPS) is 14.6. The number of nitrogens with zero attached hydrogens (tertiary/aromatic N) is 1. The van der Waals surface area contributed by atoms with Gasteiger partial charge in [-0.3, -0.25) is 9.59 Å². The van der Waals surface area contributed by atoms with Crippen LogP contribution in [0.2, 0.25) is 0 Å². The van der Waals surface area contributed by atoms with E-state index in [1.165, 1.54) is 4.88 Å². The zero-order valence-corrected chi connectivity index (χ0v) is 14.9. The number of benzene rings is 1. The topological polar surface area (TPSA) is 58.6 Å². The summed E-state index contributed by atoms with van der Waals surface area (Å²) in [4.78, 5) is 26.9. The third-order valence-corrected chi connectivity index (χ3v) is 5.04. The molecule has 1 N–H and O–H groups in total. The fourth-order valence-electron chi connectivity index (χ4n) is 2.78. The van der Waals surface area contributed by atoms with E-state index >= 15 is 0 Å². The predicted molar refractivity (Wildman–Crippen MR) is 100 cm³/mol. The van der Waals surface area contributed by atoms with Gasteiger partial charge in [0.25, 0.3) is 5.91 Å². The van der Waals surface area contributed by atoms with Gasteiger partial charge in [-0.2, -0.15) is 0 Å². The Morgan fingerprint density at radius 1 is 1.20 bits per heavy atom. The Kier molecular flexibility index (Phi) is 6.19. The molecule has 1 aliphatic rings. The lowest BCUT2D eigenvalue weighted by Gasteiger charge is -2.26. The molecule has 0 aliphatic carbocycles. The van der Waals surface area contributed by atoms with Crippen LogP contribution in [0, 0.1) is 0 Å². The minimum Gasteiger partial charge on any atom is -0.370 e. The van der Waals surface area contributed by atoms with E-state index in [0.717, 1.165) is 30.6 Å². The van der Waals surface area contributed by atoms with Gasteiger partial charge in [-0.15, -0.1) is 11.3 Å². The van der Waals surface area contributed by atoms with Crippen LogP contribution in [-0.4, -0.2) is 31.6 Å². The standard InChI is InChI=1S/C19H22N2O3S/c22-18(6-2-1-4-17-5-3-13-25-17)20-15-7-9-16(10-8-15)21-11-12-24-14-19(21)23/h3,5,7-10,13H,1-2,4,6,11-12,14H2,(H,20,22). The van der Waals surface area contributed by atoms with E-state index in [9.17, 15) is 9.59 Å². The van der Waals surface area contributed by atoms with Crippen molar-refractivity contribution >= 4 is 34.5 Å². The monoisotopic (exact) mass is 358 g/mol. The molecule has 2 aromatic rings. The van der Waals surface area contributed by atoms with Crippen LogP contribution in [0.15, 0.2) is 41.8 Å².